The van der Waals surface area contributed by atoms with E-state index < -0.39 is 0 Å². The number of nitrogens with one attached hydrogen (secondary N) is 1. The van der Waals surface area contributed by atoms with Crippen molar-refractivity contribution in [2.75, 3.05) is 45.2 Å². The fourth-order valence-electron chi connectivity index (χ4n) is 2.37. The molecule has 2 rings (SSSR count). The van der Waals surface area contributed by atoms with Gasteiger partial charge in [0.15, 0.2) is 0 Å². The lowest BCUT2D eigenvalue weighted by Gasteiger charge is -2.33. The van der Waals surface area contributed by atoms with Crippen molar-refractivity contribution in [2.24, 2.45) is 0 Å². The summed E-state index contributed by atoms with van der Waals surface area (Å²) in [6, 6.07) is 8.32. The Morgan fingerprint density at radius 2 is 2.10 bits per heavy atom. The molecule has 0 aliphatic carbocycles. The largest absolute Gasteiger partial charge is 0.378 e. The zero-order valence-corrected chi connectivity index (χ0v) is 13.1. The van der Waals surface area contributed by atoms with Crippen molar-refractivity contribution in [1.82, 2.24) is 10.2 Å². The fraction of sp³-hybridized carbons (Fsp3) is 0.562. The third-order valence-electron chi connectivity index (χ3n) is 3.66. The highest BCUT2D eigenvalue weighted by atomic mass is 16.5. The van der Waals surface area contributed by atoms with Gasteiger partial charge in [0.2, 0.25) is 0 Å². The van der Waals surface area contributed by atoms with E-state index in [1.165, 1.54) is 0 Å². The van der Waals surface area contributed by atoms with Crippen LogP contribution in [0.1, 0.15) is 25.0 Å². The summed E-state index contributed by atoms with van der Waals surface area (Å²) >= 11 is 0. The van der Waals surface area contributed by atoms with Crippen LogP contribution in [0, 0.1) is 0 Å². The van der Waals surface area contributed by atoms with Crippen molar-refractivity contribution in [2.45, 2.75) is 19.4 Å². The number of benzene rings is 1. The molecular weight excluding hydrogens is 266 g/mol. The van der Waals surface area contributed by atoms with E-state index in [-0.39, 0.29) is 12.1 Å². The average molecular weight is 291 g/mol. The van der Waals surface area contributed by atoms with Crippen molar-refractivity contribution in [3.63, 3.8) is 0 Å². The number of rotatable bonds is 4. The number of hydrogen-bond acceptors (Lipinski definition) is 3. The van der Waals surface area contributed by atoms with Gasteiger partial charge in [-0.15, -0.1) is 0 Å². The molecule has 0 bridgehead atoms. The number of nitrogens with zero attached hydrogens (tertiary/aromatic N) is 2. The Morgan fingerprint density at radius 1 is 1.38 bits per heavy atom. The predicted octanol–water partition coefficient (Wildman–Crippen LogP) is 2.25. The number of hydrogen-bond donors (Lipinski definition) is 1. The summed E-state index contributed by atoms with van der Waals surface area (Å²) in [6.07, 6.45) is 0.910. The molecule has 0 spiro atoms. The first kappa shape index (κ1) is 15.6. The van der Waals surface area contributed by atoms with Crippen molar-refractivity contribution in [1.29, 1.82) is 0 Å². The smallest absolute Gasteiger partial charge is 0.317 e. The van der Waals surface area contributed by atoms with Gasteiger partial charge in [-0.05, 0) is 24.1 Å². The minimum Gasteiger partial charge on any atom is -0.378 e. The second kappa shape index (κ2) is 7.31. The maximum absolute atomic E-state index is 12.0. The van der Waals surface area contributed by atoms with Gasteiger partial charge >= 0.3 is 6.03 Å². The highest BCUT2D eigenvalue weighted by Gasteiger charge is 2.25. The maximum atomic E-state index is 12.0. The molecule has 1 N–H and O–H groups in total. The second-order valence-electron chi connectivity index (χ2n) is 5.52. The molecule has 1 aromatic carbocycles. The van der Waals surface area contributed by atoms with Gasteiger partial charge in [-0.2, -0.15) is 0 Å². The number of carbonyl (C=O) groups excluding carboxylic acids is 1. The summed E-state index contributed by atoms with van der Waals surface area (Å²) in [4.78, 5) is 15.9. The Kier molecular flexibility index (Phi) is 5.44. The van der Waals surface area contributed by atoms with E-state index in [9.17, 15) is 4.79 Å². The van der Waals surface area contributed by atoms with Gasteiger partial charge in [0.1, 0.15) is 6.10 Å². The molecule has 5 heteroatoms. The summed E-state index contributed by atoms with van der Waals surface area (Å²) in [7, 11) is 4.04. The van der Waals surface area contributed by atoms with Gasteiger partial charge < -0.3 is 19.9 Å². The molecule has 0 radical (unpaired) electrons. The predicted molar refractivity (Wildman–Crippen MR) is 84.7 cm³/mol. The Morgan fingerprint density at radius 3 is 2.71 bits per heavy atom. The molecule has 1 aliphatic heterocycles. The molecule has 0 aromatic heterocycles. The van der Waals surface area contributed by atoms with Crippen LogP contribution < -0.4 is 10.2 Å². The van der Waals surface area contributed by atoms with Gasteiger partial charge in [-0.1, -0.05) is 19.1 Å². The number of urea groups is 1. The molecule has 21 heavy (non-hydrogen) atoms. The van der Waals surface area contributed by atoms with E-state index in [2.05, 4.69) is 41.4 Å². The van der Waals surface area contributed by atoms with E-state index >= 15 is 0 Å². The van der Waals surface area contributed by atoms with Crippen LogP contribution in [0.2, 0.25) is 0 Å². The first-order valence-electron chi connectivity index (χ1n) is 7.53. The number of ether oxygens (including phenoxy) is 1. The molecule has 1 saturated heterocycles. The molecule has 1 atom stereocenters. The van der Waals surface area contributed by atoms with E-state index in [0.717, 1.165) is 24.2 Å². The van der Waals surface area contributed by atoms with Crippen molar-refractivity contribution >= 4 is 11.7 Å². The van der Waals surface area contributed by atoms with Crippen molar-refractivity contribution in [3.05, 3.63) is 29.8 Å². The standard InChI is InChI=1S/C16H25N3O2/c1-4-9-17-16(20)19-10-11-21-15(12-19)13-5-7-14(8-6-13)18(2)3/h5-8,15H,4,9-12H2,1-3H3,(H,17,20). The van der Waals surface area contributed by atoms with Crippen LogP contribution in [0.25, 0.3) is 0 Å². The number of carbonyl (C=O) groups is 1. The van der Waals surface area contributed by atoms with Crippen LogP contribution in [0.5, 0.6) is 0 Å². The summed E-state index contributed by atoms with van der Waals surface area (Å²) in [5.74, 6) is 0. The monoisotopic (exact) mass is 291 g/mol. The summed E-state index contributed by atoms with van der Waals surface area (Å²) in [5.41, 5.74) is 2.28. The normalized spacial score (nSPS) is 18.4. The Labute approximate surface area is 126 Å². The van der Waals surface area contributed by atoms with Crippen LogP contribution in [0.15, 0.2) is 24.3 Å². The van der Waals surface area contributed by atoms with Gasteiger partial charge in [0.25, 0.3) is 0 Å². The molecule has 0 saturated carbocycles. The Bertz CT molecular complexity index is 459. The SMILES string of the molecule is CCCNC(=O)N1CCOC(c2ccc(N(C)C)cc2)C1. The zero-order chi connectivity index (χ0) is 15.2. The van der Waals surface area contributed by atoms with E-state index in [4.69, 9.17) is 4.74 Å². The van der Waals surface area contributed by atoms with Gasteiger partial charge in [-0.25, -0.2) is 4.79 Å². The first-order valence-corrected chi connectivity index (χ1v) is 7.53. The molecule has 1 unspecified atom stereocenters. The summed E-state index contributed by atoms with van der Waals surface area (Å²) in [6.45, 7) is 4.62. The topological polar surface area (TPSA) is 44.8 Å². The summed E-state index contributed by atoms with van der Waals surface area (Å²) < 4.78 is 5.81. The lowest BCUT2D eigenvalue weighted by Crippen LogP contribution is -2.47. The minimum atomic E-state index is -0.0395. The van der Waals surface area contributed by atoms with Crippen molar-refractivity contribution in [3.8, 4) is 0 Å². The zero-order valence-electron chi connectivity index (χ0n) is 13.1. The Hall–Kier alpha value is -1.75. The molecule has 2 amide bonds. The second-order valence-corrected chi connectivity index (χ2v) is 5.52. The first-order chi connectivity index (χ1) is 10.1. The third kappa shape index (κ3) is 4.11. The molecule has 1 heterocycles. The minimum absolute atomic E-state index is 0.00932. The molecule has 1 aliphatic rings. The van der Waals surface area contributed by atoms with Crippen LogP contribution >= 0.6 is 0 Å². The Balaban J connectivity index is 1.98. The quantitative estimate of drug-likeness (QED) is 0.925. The molecular formula is C16H25N3O2. The molecule has 1 fully saturated rings. The highest BCUT2D eigenvalue weighted by molar-refractivity contribution is 5.74. The van der Waals surface area contributed by atoms with E-state index in [1.807, 2.05) is 19.0 Å². The summed E-state index contributed by atoms with van der Waals surface area (Å²) in [5, 5.41) is 2.92. The maximum Gasteiger partial charge on any atom is 0.317 e. The fourth-order valence-corrected chi connectivity index (χ4v) is 2.37. The van der Waals surface area contributed by atoms with Crippen LogP contribution in [0.3, 0.4) is 0 Å². The van der Waals surface area contributed by atoms with Gasteiger partial charge in [0.05, 0.1) is 13.2 Å². The molecule has 5 nitrogen and oxygen atoms in total. The van der Waals surface area contributed by atoms with Crippen LogP contribution in [-0.2, 0) is 4.74 Å². The van der Waals surface area contributed by atoms with E-state index in [1.54, 1.807) is 0 Å². The third-order valence-corrected chi connectivity index (χ3v) is 3.66. The van der Waals surface area contributed by atoms with Crippen LogP contribution in [0.4, 0.5) is 10.5 Å². The highest BCUT2D eigenvalue weighted by Crippen LogP contribution is 2.24. The number of morpholine rings is 1. The van der Waals surface area contributed by atoms with E-state index in [0.29, 0.717) is 19.7 Å². The molecule has 116 valence electrons. The van der Waals surface area contributed by atoms with Gasteiger partial charge in [-0.3, -0.25) is 0 Å². The number of amides is 2. The molecule has 1 aromatic rings. The lowest BCUT2D eigenvalue weighted by atomic mass is 10.1. The van der Waals surface area contributed by atoms with Crippen molar-refractivity contribution < 1.29 is 9.53 Å². The lowest BCUT2D eigenvalue weighted by molar-refractivity contribution is -0.0154. The number of anilines is 1. The van der Waals surface area contributed by atoms with Crippen LogP contribution in [-0.4, -0.2) is 51.3 Å². The average Bonchev–Trinajstić information content (AvgIpc) is 2.52. The van der Waals surface area contributed by atoms with Gasteiger partial charge in [0, 0.05) is 32.9 Å².